The van der Waals surface area contributed by atoms with E-state index in [0.717, 1.165) is 25.9 Å². The van der Waals surface area contributed by atoms with Gasteiger partial charge in [0.1, 0.15) is 0 Å². The van der Waals surface area contributed by atoms with Crippen LogP contribution in [0, 0.1) is 0 Å². The van der Waals surface area contributed by atoms with Crippen molar-refractivity contribution in [2.75, 3.05) is 19.0 Å². The van der Waals surface area contributed by atoms with Gasteiger partial charge >= 0.3 is 0 Å². The van der Waals surface area contributed by atoms with E-state index in [2.05, 4.69) is 28.8 Å². The fraction of sp³-hybridized carbons (Fsp3) is 0.571. The molecule has 0 amide bonds. The average Bonchev–Trinajstić information content (AvgIpc) is 2.74. The van der Waals surface area contributed by atoms with Gasteiger partial charge in [0.05, 0.1) is 6.10 Å². The van der Waals surface area contributed by atoms with Crippen LogP contribution in [0.3, 0.4) is 0 Å². The zero-order valence-corrected chi connectivity index (χ0v) is 10.3. The van der Waals surface area contributed by atoms with Crippen molar-refractivity contribution >= 4 is 5.69 Å². The predicted molar refractivity (Wildman–Crippen MR) is 69.3 cm³/mol. The van der Waals surface area contributed by atoms with E-state index in [1.807, 2.05) is 0 Å². The molecule has 1 aliphatic carbocycles. The normalized spacial score (nSPS) is 26.2. The van der Waals surface area contributed by atoms with E-state index in [1.165, 1.54) is 23.2 Å². The lowest BCUT2D eigenvalue weighted by Gasteiger charge is -2.34. The van der Waals surface area contributed by atoms with Crippen LogP contribution in [0.4, 0.5) is 5.69 Å². The number of hydrogen-bond acceptors (Lipinski definition) is 3. The molecule has 1 saturated carbocycles. The van der Waals surface area contributed by atoms with Gasteiger partial charge in [-0.2, -0.15) is 0 Å². The molecule has 2 aliphatic rings. The van der Waals surface area contributed by atoms with Crippen LogP contribution in [0.1, 0.15) is 24.0 Å². The van der Waals surface area contributed by atoms with E-state index < -0.39 is 0 Å². The topological polar surface area (TPSA) is 33.3 Å². The van der Waals surface area contributed by atoms with Crippen molar-refractivity contribution in [3.8, 4) is 0 Å². The first-order valence-electron chi connectivity index (χ1n) is 6.47. The predicted octanol–water partition coefficient (Wildman–Crippen LogP) is 1.92. The summed E-state index contributed by atoms with van der Waals surface area (Å²) in [6.07, 6.45) is 3.95. The molecule has 3 heteroatoms. The number of fused-ring (bicyclic) bond motifs is 1. The summed E-state index contributed by atoms with van der Waals surface area (Å²) in [5.74, 6) is 0. The Morgan fingerprint density at radius 3 is 3.12 bits per heavy atom. The first kappa shape index (κ1) is 11.1. The summed E-state index contributed by atoms with van der Waals surface area (Å²) in [5.41, 5.74) is 4.16. The fourth-order valence-electron chi connectivity index (χ4n) is 2.63. The van der Waals surface area contributed by atoms with Crippen LogP contribution >= 0.6 is 0 Å². The zero-order valence-electron chi connectivity index (χ0n) is 10.3. The van der Waals surface area contributed by atoms with Gasteiger partial charge in [0.15, 0.2) is 0 Å². The van der Waals surface area contributed by atoms with Gasteiger partial charge in [-0.1, -0.05) is 12.1 Å². The minimum Gasteiger partial charge on any atom is -0.384 e. The molecule has 0 unspecified atom stereocenters. The number of rotatable bonds is 4. The summed E-state index contributed by atoms with van der Waals surface area (Å²) in [5, 5.41) is 7.01. The van der Waals surface area contributed by atoms with Crippen LogP contribution in [-0.2, 0) is 17.7 Å². The highest BCUT2D eigenvalue weighted by atomic mass is 16.5. The van der Waals surface area contributed by atoms with Crippen molar-refractivity contribution in [3.63, 3.8) is 0 Å². The number of benzene rings is 1. The third kappa shape index (κ3) is 2.31. The van der Waals surface area contributed by atoms with E-state index in [0.29, 0.717) is 12.1 Å². The van der Waals surface area contributed by atoms with Crippen molar-refractivity contribution in [2.45, 2.75) is 38.0 Å². The largest absolute Gasteiger partial charge is 0.384 e. The Morgan fingerprint density at radius 2 is 2.29 bits per heavy atom. The molecular weight excluding hydrogens is 212 g/mol. The lowest BCUT2D eigenvalue weighted by molar-refractivity contribution is 0.0170. The third-order valence-electron chi connectivity index (χ3n) is 3.91. The second-order valence-electron chi connectivity index (χ2n) is 5.08. The van der Waals surface area contributed by atoms with Crippen LogP contribution < -0.4 is 10.6 Å². The highest BCUT2D eigenvalue weighted by molar-refractivity contribution is 5.56. The van der Waals surface area contributed by atoms with Crippen molar-refractivity contribution in [2.24, 2.45) is 0 Å². The second-order valence-corrected chi connectivity index (χ2v) is 5.08. The molecule has 92 valence electrons. The van der Waals surface area contributed by atoms with Gasteiger partial charge in [-0.25, -0.2) is 0 Å². The second kappa shape index (κ2) is 4.67. The molecule has 0 radical (unpaired) electrons. The Hall–Kier alpha value is -1.06. The van der Waals surface area contributed by atoms with E-state index >= 15 is 0 Å². The summed E-state index contributed by atoms with van der Waals surface area (Å²) in [4.78, 5) is 0. The molecule has 17 heavy (non-hydrogen) atoms. The van der Waals surface area contributed by atoms with E-state index in [4.69, 9.17) is 4.74 Å². The number of ether oxygens (including phenoxy) is 1. The SMILES string of the molecule is COC1CC(NCc2ccc3c(c2)NCC3)C1. The van der Waals surface area contributed by atoms with Crippen LogP contribution in [0.2, 0.25) is 0 Å². The maximum atomic E-state index is 5.28. The van der Waals surface area contributed by atoms with Crippen molar-refractivity contribution in [1.29, 1.82) is 0 Å². The molecule has 0 aromatic heterocycles. The lowest BCUT2D eigenvalue weighted by Crippen LogP contribution is -2.44. The molecule has 0 bridgehead atoms. The van der Waals surface area contributed by atoms with Crippen LogP contribution in [0.15, 0.2) is 18.2 Å². The first-order valence-corrected chi connectivity index (χ1v) is 6.47. The first-order chi connectivity index (χ1) is 8.35. The number of anilines is 1. The molecule has 1 heterocycles. The van der Waals surface area contributed by atoms with Crippen LogP contribution in [0.25, 0.3) is 0 Å². The molecule has 1 aromatic rings. The van der Waals surface area contributed by atoms with Crippen LogP contribution in [-0.4, -0.2) is 25.8 Å². The van der Waals surface area contributed by atoms with Gasteiger partial charge < -0.3 is 15.4 Å². The summed E-state index contributed by atoms with van der Waals surface area (Å²) in [6, 6.07) is 7.42. The quantitative estimate of drug-likeness (QED) is 0.832. The fourth-order valence-corrected chi connectivity index (χ4v) is 2.63. The number of hydrogen-bond donors (Lipinski definition) is 2. The Labute approximate surface area is 103 Å². The maximum Gasteiger partial charge on any atom is 0.0601 e. The Kier molecular flexibility index (Phi) is 3.04. The molecule has 1 aliphatic heterocycles. The standard InChI is InChI=1S/C14H20N2O/c1-17-13-7-12(8-13)16-9-10-2-3-11-4-5-15-14(11)6-10/h2-3,6,12-13,15-16H,4-5,7-9H2,1H3. The highest BCUT2D eigenvalue weighted by Crippen LogP contribution is 2.25. The van der Waals surface area contributed by atoms with Crippen molar-refractivity contribution < 1.29 is 4.74 Å². The molecular formula is C14H20N2O. The van der Waals surface area contributed by atoms with Gasteiger partial charge in [0.2, 0.25) is 0 Å². The van der Waals surface area contributed by atoms with Crippen molar-refractivity contribution in [3.05, 3.63) is 29.3 Å². The number of methoxy groups -OCH3 is 1. The zero-order chi connectivity index (χ0) is 11.7. The smallest absolute Gasteiger partial charge is 0.0601 e. The molecule has 3 rings (SSSR count). The monoisotopic (exact) mass is 232 g/mol. The summed E-state index contributed by atoms with van der Waals surface area (Å²) >= 11 is 0. The third-order valence-corrected chi connectivity index (χ3v) is 3.91. The maximum absolute atomic E-state index is 5.28. The van der Waals surface area contributed by atoms with E-state index in [9.17, 15) is 0 Å². The van der Waals surface area contributed by atoms with Gasteiger partial charge in [-0.05, 0) is 36.5 Å². The van der Waals surface area contributed by atoms with E-state index in [-0.39, 0.29) is 0 Å². The molecule has 1 fully saturated rings. The molecule has 2 N–H and O–H groups in total. The molecule has 0 atom stereocenters. The number of nitrogens with one attached hydrogen (secondary N) is 2. The van der Waals surface area contributed by atoms with Gasteiger partial charge in [-0.3, -0.25) is 0 Å². The van der Waals surface area contributed by atoms with E-state index in [1.54, 1.807) is 7.11 Å². The Balaban J connectivity index is 1.52. The molecule has 1 aromatic carbocycles. The Bertz CT molecular complexity index is 399. The molecule has 0 saturated heterocycles. The minimum atomic E-state index is 0.481. The summed E-state index contributed by atoms with van der Waals surface area (Å²) in [6.45, 7) is 2.06. The Morgan fingerprint density at radius 1 is 1.41 bits per heavy atom. The van der Waals surface area contributed by atoms with Crippen LogP contribution in [0.5, 0.6) is 0 Å². The van der Waals surface area contributed by atoms with Gasteiger partial charge in [0.25, 0.3) is 0 Å². The van der Waals surface area contributed by atoms with Gasteiger partial charge in [-0.15, -0.1) is 0 Å². The average molecular weight is 232 g/mol. The molecule has 3 nitrogen and oxygen atoms in total. The highest BCUT2D eigenvalue weighted by Gasteiger charge is 2.28. The molecule has 0 spiro atoms. The summed E-state index contributed by atoms with van der Waals surface area (Å²) in [7, 11) is 1.80. The summed E-state index contributed by atoms with van der Waals surface area (Å²) < 4.78 is 5.28. The lowest BCUT2D eigenvalue weighted by atomic mass is 9.89. The van der Waals surface area contributed by atoms with Crippen molar-refractivity contribution in [1.82, 2.24) is 5.32 Å². The van der Waals surface area contributed by atoms with Gasteiger partial charge in [0, 0.05) is 31.9 Å². The minimum absolute atomic E-state index is 0.481.